The van der Waals surface area contributed by atoms with E-state index in [1.807, 2.05) is 6.07 Å². The third-order valence-electron chi connectivity index (χ3n) is 12.3. The highest BCUT2D eigenvalue weighted by Gasteiger charge is 2.22. The van der Waals surface area contributed by atoms with Gasteiger partial charge in [-0.15, -0.1) is 0 Å². The van der Waals surface area contributed by atoms with Crippen LogP contribution in [0.5, 0.6) is 0 Å². The predicted octanol–water partition coefficient (Wildman–Crippen LogP) is 14.8. The van der Waals surface area contributed by atoms with E-state index >= 15 is 0 Å². The maximum Gasteiger partial charge on any atom is 0.161 e. The van der Waals surface area contributed by atoms with Gasteiger partial charge in [-0.25, -0.2) is 9.98 Å². The summed E-state index contributed by atoms with van der Waals surface area (Å²) in [4.78, 5) is 10.9. The number of hydrogen-bond donors (Lipinski definition) is 0. The Labute approximate surface area is 353 Å². The van der Waals surface area contributed by atoms with Gasteiger partial charge in [-0.2, -0.15) is 0 Å². The summed E-state index contributed by atoms with van der Waals surface area (Å²) < 4.78 is 2.51. The second-order valence-electron chi connectivity index (χ2n) is 15.8. The molecule has 61 heavy (non-hydrogen) atoms. The van der Waals surface area contributed by atoms with Crippen LogP contribution in [0.2, 0.25) is 0 Å². The number of para-hydroxylation sites is 2. The average Bonchev–Trinajstić information content (AvgIpc) is 3.57. The van der Waals surface area contributed by atoms with Gasteiger partial charge in [-0.05, 0) is 57.6 Å². The van der Waals surface area contributed by atoms with Crippen molar-refractivity contribution in [1.82, 2.24) is 4.40 Å². The number of pyridine rings is 1. The van der Waals surface area contributed by atoms with Crippen molar-refractivity contribution < 1.29 is 0 Å². The summed E-state index contributed by atoms with van der Waals surface area (Å²) in [6.45, 7) is 2.10. The molecule has 3 heterocycles. The Morgan fingerprint density at radius 3 is 1.72 bits per heavy atom. The third kappa shape index (κ3) is 5.68. The quantitative estimate of drug-likeness (QED) is 0.0915. The van der Waals surface area contributed by atoms with Gasteiger partial charge in [0.1, 0.15) is 5.70 Å². The van der Waals surface area contributed by atoms with Crippen molar-refractivity contribution >= 4 is 66.1 Å². The van der Waals surface area contributed by atoms with Gasteiger partial charge in [0.2, 0.25) is 0 Å². The van der Waals surface area contributed by atoms with Crippen LogP contribution in [0.4, 0.5) is 0 Å². The fourth-order valence-electron chi connectivity index (χ4n) is 9.49. The summed E-state index contributed by atoms with van der Waals surface area (Å²) in [5.41, 5.74) is 19.7. The first-order chi connectivity index (χ1) is 30.2. The molecule has 0 unspecified atom stereocenters. The van der Waals surface area contributed by atoms with Crippen LogP contribution >= 0.6 is 0 Å². The monoisotopic (exact) mass is 775 g/mol. The number of aromatic nitrogens is 1. The van der Waals surface area contributed by atoms with Gasteiger partial charge in [0.15, 0.2) is 5.84 Å². The zero-order chi connectivity index (χ0) is 40.4. The molecule has 1 aliphatic rings. The molecule has 0 radical (unpaired) electrons. The smallest absolute Gasteiger partial charge is 0.161 e. The molecular formula is C58H37N3. The largest absolute Gasteiger partial charge is 0.307 e. The highest BCUT2D eigenvalue weighted by atomic mass is 14.9. The Bertz CT molecular complexity index is 3650. The fourth-order valence-corrected chi connectivity index (χ4v) is 9.49. The van der Waals surface area contributed by atoms with Crippen molar-refractivity contribution in [3.63, 3.8) is 0 Å². The lowest BCUT2D eigenvalue weighted by Gasteiger charge is -2.14. The number of allylic oxidation sites excluding steroid dienone is 1. The van der Waals surface area contributed by atoms with Crippen LogP contribution in [0.15, 0.2) is 228 Å². The maximum absolute atomic E-state index is 5.44. The van der Waals surface area contributed by atoms with E-state index in [0.717, 1.165) is 55.9 Å². The van der Waals surface area contributed by atoms with Crippen molar-refractivity contribution in [3.8, 4) is 33.4 Å². The van der Waals surface area contributed by atoms with E-state index in [0.29, 0.717) is 5.84 Å². The van der Waals surface area contributed by atoms with Crippen LogP contribution in [0.1, 0.15) is 23.6 Å². The first kappa shape index (κ1) is 34.9. The highest BCUT2D eigenvalue weighted by Crippen LogP contribution is 2.43. The molecule has 9 aromatic carbocycles. The maximum atomic E-state index is 5.44. The van der Waals surface area contributed by atoms with Gasteiger partial charge in [0.25, 0.3) is 0 Å². The van der Waals surface area contributed by atoms with E-state index in [1.165, 1.54) is 60.0 Å². The predicted molar refractivity (Wildman–Crippen MR) is 257 cm³/mol. The standard InChI is InChI=1S/C58H37N3/c1-37-35-52(59-58(51-24-9-8-23-45(51)40-17-6-3-7-18-40)60-55(37)42-33-31-39(32-34-42)38-15-4-2-5-16-38)44-22-10-21-43(36-44)46-25-13-28-49-50-29-14-27-48-47-26-11-19-41-20-12-30-53(54(41)47)61(56(46)49)57(48)50/h2-34,36H,1H3. The minimum absolute atomic E-state index is 0.648. The highest BCUT2D eigenvalue weighted by molar-refractivity contribution is 6.28. The number of nitrogens with zero attached hydrogens (tertiary/aromatic N) is 3. The van der Waals surface area contributed by atoms with Gasteiger partial charge in [0.05, 0.1) is 22.3 Å². The first-order valence-corrected chi connectivity index (χ1v) is 20.8. The average molecular weight is 776 g/mol. The molecule has 2 aromatic heterocycles. The first-order valence-electron chi connectivity index (χ1n) is 20.8. The number of fused-ring (bicyclic) bond motifs is 5. The van der Waals surface area contributed by atoms with Crippen LogP contribution in [-0.4, -0.2) is 15.9 Å². The molecule has 0 saturated carbocycles. The minimum Gasteiger partial charge on any atom is -0.307 e. The lowest BCUT2D eigenvalue weighted by molar-refractivity contribution is 1.35. The molecule has 0 atom stereocenters. The van der Waals surface area contributed by atoms with E-state index in [9.17, 15) is 0 Å². The molecule has 11 aromatic rings. The van der Waals surface area contributed by atoms with Gasteiger partial charge >= 0.3 is 0 Å². The van der Waals surface area contributed by atoms with Crippen LogP contribution < -0.4 is 0 Å². The van der Waals surface area contributed by atoms with Gasteiger partial charge < -0.3 is 4.40 Å². The molecule has 3 heteroatoms. The summed E-state index contributed by atoms with van der Waals surface area (Å²) >= 11 is 0. The molecule has 0 saturated heterocycles. The summed E-state index contributed by atoms with van der Waals surface area (Å²) in [5.74, 6) is 0.648. The van der Waals surface area contributed by atoms with Gasteiger partial charge in [0, 0.05) is 49.4 Å². The Kier molecular flexibility index (Phi) is 8.03. The second-order valence-corrected chi connectivity index (χ2v) is 15.8. The summed E-state index contributed by atoms with van der Waals surface area (Å²) in [6.07, 6.45) is 0. The number of hydrogen-bond acceptors (Lipinski definition) is 2. The van der Waals surface area contributed by atoms with E-state index in [-0.39, 0.29) is 0 Å². The van der Waals surface area contributed by atoms with Crippen LogP contribution in [0.25, 0.3) is 87.9 Å². The number of aliphatic imine (C=N–C) groups is 2. The summed E-state index contributed by atoms with van der Waals surface area (Å²) in [5, 5.41) is 7.59. The van der Waals surface area contributed by atoms with Crippen molar-refractivity contribution in [1.29, 1.82) is 0 Å². The Morgan fingerprint density at radius 1 is 0.393 bits per heavy atom. The lowest BCUT2D eigenvalue weighted by Crippen LogP contribution is -2.08. The summed E-state index contributed by atoms with van der Waals surface area (Å²) in [7, 11) is 0. The van der Waals surface area contributed by atoms with Crippen LogP contribution in [-0.2, 0) is 0 Å². The van der Waals surface area contributed by atoms with E-state index < -0.39 is 0 Å². The molecule has 0 N–H and O–H groups in total. The lowest BCUT2D eigenvalue weighted by atomic mass is 9.98. The molecule has 0 bridgehead atoms. The van der Waals surface area contributed by atoms with Crippen molar-refractivity contribution in [3.05, 3.63) is 234 Å². The Hall–Kier alpha value is -8.10. The van der Waals surface area contributed by atoms with E-state index in [4.69, 9.17) is 9.98 Å². The molecular weight excluding hydrogens is 739 g/mol. The van der Waals surface area contributed by atoms with E-state index in [1.54, 1.807) is 0 Å². The van der Waals surface area contributed by atoms with Crippen molar-refractivity contribution in [2.75, 3.05) is 0 Å². The van der Waals surface area contributed by atoms with E-state index in [2.05, 4.69) is 217 Å². The molecule has 1 aliphatic heterocycles. The Balaban J connectivity index is 1.06. The topological polar surface area (TPSA) is 29.1 Å². The molecule has 0 fully saturated rings. The molecule has 0 spiro atoms. The normalized spacial score (nSPS) is 13.1. The molecule has 12 rings (SSSR count). The SMILES string of the molecule is CC1=C=C(c2cccc(-c3cccc4c5cccc6c7cccc8cccc(c87)n(c34)c65)c2)N=C(c2ccccc2-c2ccccc2)N=C1c1ccc(-c2ccccc2)cc1. The van der Waals surface area contributed by atoms with Crippen molar-refractivity contribution in [2.45, 2.75) is 6.92 Å². The zero-order valence-electron chi connectivity index (χ0n) is 33.5. The minimum atomic E-state index is 0.648. The number of benzene rings is 9. The molecule has 0 aliphatic carbocycles. The molecule has 284 valence electrons. The second kappa shape index (κ2) is 14.0. The third-order valence-corrected chi connectivity index (χ3v) is 12.3. The van der Waals surface area contributed by atoms with Gasteiger partial charge in [-0.1, -0.05) is 200 Å². The summed E-state index contributed by atoms with van der Waals surface area (Å²) in [6, 6.07) is 73.7. The van der Waals surface area contributed by atoms with Crippen molar-refractivity contribution in [2.24, 2.45) is 9.98 Å². The fraction of sp³-hybridized carbons (Fsp3) is 0.0172. The number of amidine groups is 1. The zero-order valence-corrected chi connectivity index (χ0v) is 33.5. The molecule has 3 nitrogen and oxygen atoms in total. The Morgan fingerprint density at radius 2 is 0.934 bits per heavy atom. The van der Waals surface area contributed by atoms with Crippen LogP contribution in [0.3, 0.4) is 0 Å². The van der Waals surface area contributed by atoms with Crippen LogP contribution in [0, 0.1) is 0 Å². The van der Waals surface area contributed by atoms with Gasteiger partial charge in [-0.3, -0.25) is 0 Å². The number of rotatable bonds is 6. The molecule has 0 amide bonds.